The van der Waals surface area contributed by atoms with Gasteiger partial charge in [-0.15, -0.1) is 11.6 Å². The molecule has 0 aliphatic heterocycles. The zero-order valence-corrected chi connectivity index (χ0v) is 13.0. The van der Waals surface area contributed by atoms with Gasteiger partial charge in [0.1, 0.15) is 5.75 Å². The van der Waals surface area contributed by atoms with Gasteiger partial charge in [0, 0.05) is 5.38 Å². The molecule has 2 heteroatoms. The number of hydrogen-bond acceptors (Lipinski definition) is 1. The van der Waals surface area contributed by atoms with E-state index in [-0.39, 0.29) is 0 Å². The van der Waals surface area contributed by atoms with E-state index in [4.69, 9.17) is 16.3 Å². The SMILES string of the molecule is COc1ccccc1CC1CC(C(C)C)CCC1Cl. The first-order valence-corrected chi connectivity index (χ1v) is 7.81. The molecule has 0 radical (unpaired) electrons. The molecule has 0 saturated heterocycles. The molecule has 0 aromatic heterocycles. The smallest absolute Gasteiger partial charge is 0.122 e. The highest BCUT2D eigenvalue weighted by atomic mass is 35.5. The zero-order chi connectivity index (χ0) is 13.8. The van der Waals surface area contributed by atoms with Gasteiger partial charge in [0.15, 0.2) is 0 Å². The van der Waals surface area contributed by atoms with E-state index >= 15 is 0 Å². The van der Waals surface area contributed by atoms with Gasteiger partial charge in [0.25, 0.3) is 0 Å². The minimum Gasteiger partial charge on any atom is -0.496 e. The molecule has 1 aromatic carbocycles. The molecule has 1 aliphatic rings. The summed E-state index contributed by atoms with van der Waals surface area (Å²) < 4.78 is 5.45. The Labute approximate surface area is 122 Å². The van der Waals surface area contributed by atoms with E-state index < -0.39 is 0 Å². The van der Waals surface area contributed by atoms with Gasteiger partial charge in [-0.3, -0.25) is 0 Å². The van der Waals surface area contributed by atoms with Gasteiger partial charge < -0.3 is 4.74 Å². The van der Waals surface area contributed by atoms with Crippen LogP contribution in [0.15, 0.2) is 24.3 Å². The van der Waals surface area contributed by atoms with Crippen LogP contribution in [0.5, 0.6) is 5.75 Å². The minimum atomic E-state index is 0.319. The summed E-state index contributed by atoms with van der Waals surface area (Å²) in [6.07, 6.45) is 4.74. The summed E-state index contributed by atoms with van der Waals surface area (Å²) in [6.45, 7) is 4.67. The lowest BCUT2D eigenvalue weighted by molar-refractivity contribution is 0.217. The first kappa shape index (κ1) is 14.7. The zero-order valence-electron chi connectivity index (χ0n) is 12.2. The Bertz CT molecular complexity index is 402. The highest BCUT2D eigenvalue weighted by Gasteiger charge is 2.31. The Morgan fingerprint density at radius 3 is 2.68 bits per heavy atom. The molecule has 3 atom stereocenters. The molecule has 0 bridgehead atoms. The molecule has 1 saturated carbocycles. The molecule has 1 aliphatic carbocycles. The summed E-state index contributed by atoms with van der Waals surface area (Å²) in [7, 11) is 1.74. The molecular formula is C17H25ClO. The standard InChI is InChI=1S/C17H25ClO/c1-12(2)13-8-9-16(18)15(10-13)11-14-6-4-5-7-17(14)19-3/h4-7,12-13,15-16H,8-11H2,1-3H3. The Hall–Kier alpha value is -0.690. The van der Waals surface area contributed by atoms with Crippen LogP contribution in [0.3, 0.4) is 0 Å². The van der Waals surface area contributed by atoms with Crippen LogP contribution in [0, 0.1) is 17.8 Å². The van der Waals surface area contributed by atoms with Crippen molar-refractivity contribution < 1.29 is 4.74 Å². The summed E-state index contributed by atoms with van der Waals surface area (Å²) >= 11 is 6.56. The lowest BCUT2D eigenvalue weighted by atomic mass is 9.74. The van der Waals surface area contributed by atoms with Gasteiger partial charge in [0.2, 0.25) is 0 Å². The number of halogens is 1. The largest absolute Gasteiger partial charge is 0.496 e. The molecule has 1 aromatic rings. The van der Waals surface area contributed by atoms with Crippen LogP contribution >= 0.6 is 11.6 Å². The normalized spacial score (nSPS) is 27.5. The monoisotopic (exact) mass is 280 g/mol. The van der Waals surface area contributed by atoms with Crippen LogP contribution in [0.1, 0.15) is 38.7 Å². The lowest BCUT2D eigenvalue weighted by Crippen LogP contribution is -2.29. The van der Waals surface area contributed by atoms with Gasteiger partial charge in [-0.1, -0.05) is 32.0 Å². The molecule has 1 fully saturated rings. The third-order valence-electron chi connectivity index (χ3n) is 4.55. The summed E-state index contributed by atoms with van der Waals surface area (Å²) in [4.78, 5) is 0. The van der Waals surface area contributed by atoms with E-state index in [1.54, 1.807) is 7.11 Å². The van der Waals surface area contributed by atoms with Crippen molar-refractivity contribution in [1.29, 1.82) is 0 Å². The van der Waals surface area contributed by atoms with Crippen molar-refractivity contribution in [3.05, 3.63) is 29.8 Å². The maximum Gasteiger partial charge on any atom is 0.122 e. The second-order valence-corrected chi connectivity index (χ2v) is 6.67. The van der Waals surface area contributed by atoms with E-state index in [0.717, 1.165) is 30.4 Å². The summed E-state index contributed by atoms with van der Waals surface area (Å²) in [5.74, 6) is 3.18. The van der Waals surface area contributed by atoms with Gasteiger partial charge in [-0.2, -0.15) is 0 Å². The molecule has 1 nitrogen and oxygen atoms in total. The van der Waals surface area contributed by atoms with Crippen molar-refractivity contribution in [3.63, 3.8) is 0 Å². The van der Waals surface area contributed by atoms with E-state index in [0.29, 0.717) is 11.3 Å². The molecule has 0 N–H and O–H groups in total. The van der Waals surface area contributed by atoms with Crippen LogP contribution in [-0.2, 0) is 6.42 Å². The fraction of sp³-hybridized carbons (Fsp3) is 0.647. The highest BCUT2D eigenvalue weighted by molar-refractivity contribution is 6.20. The van der Waals surface area contributed by atoms with Crippen LogP contribution in [-0.4, -0.2) is 12.5 Å². The summed E-state index contributed by atoms with van der Waals surface area (Å²) in [6, 6.07) is 8.32. The van der Waals surface area contributed by atoms with Crippen molar-refractivity contribution in [2.45, 2.75) is 44.9 Å². The van der Waals surface area contributed by atoms with Crippen LogP contribution in [0.4, 0.5) is 0 Å². The number of methoxy groups -OCH3 is 1. The number of alkyl halides is 1. The molecule has 0 heterocycles. The van der Waals surface area contributed by atoms with Crippen LogP contribution < -0.4 is 4.74 Å². The fourth-order valence-corrected chi connectivity index (χ4v) is 3.55. The number of hydrogen-bond donors (Lipinski definition) is 0. The quantitative estimate of drug-likeness (QED) is 0.712. The molecular weight excluding hydrogens is 256 g/mol. The van der Waals surface area contributed by atoms with Crippen molar-refractivity contribution in [2.75, 3.05) is 7.11 Å². The number of rotatable bonds is 4. The average Bonchev–Trinajstić information content (AvgIpc) is 2.41. The predicted octanol–water partition coefficient (Wildman–Crippen LogP) is 4.92. The summed E-state index contributed by atoms with van der Waals surface area (Å²) in [5.41, 5.74) is 1.30. The predicted molar refractivity (Wildman–Crippen MR) is 82.0 cm³/mol. The van der Waals surface area contributed by atoms with Crippen molar-refractivity contribution in [3.8, 4) is 5.75 Å². The van der Waals surface area contributed by atoms with E-state index in [2.05, 4.69) is 26.0 Å². The van der Waals surface area contributed by atoms with Crippen molar-refractivity contribution in [1.82, 2.24) is 0 Å². The first-order chi connectivity index (χ1) is 9.11. The second kappa shape index (κ2) is 6.65. The molecule has 106 valence electrons. The maximum atomic E-state index is 6.56. The number of ether oxygens (including phenoxy) is 1. The van der Waals surface area contributed by atoms with Crippen molar-refractivity contribution in [2.24, 2.45) is 17.8 Å². The Balaban J connectivity index is 2.07. The third-order valence-corrected chi connectivity index (χ3v) is 5.12. The molecule has 0 amide bonds. The van der Waals surface area contributed by atoms with E-state index in [9.17, 15) is 0 Å². The molecule has 0 spiro atoms. The third kappa shape index (κ3) is 3.66. The van der Waals surface area contributed by atoms with E-state index in [1.807, 2.05) is 12.1 Å². The fourth-order valence-electron chi connectivity index (χ4n) is 3.23. The minimum absolute atomic E-state index is 0.319. The lowest BCUT2D eigenvalue weighted by Gasteiger charge is -2.35. The van der Waals surface area contributed by atoms with Gasteiger partial charge in [-0.25, -0.2) is 0 Å². The summed E-state index contributed by atoms with van der Waals surface area (Å²) in [5, 5.41) is 0.319. The van der Waals surface area contributed by atoms with E-state index in [1.165, 1.54) is 18.4 Å². The maximum absolute atomic E-state index is 6.56. The Morgan fingerprint density at radius 1 is 1.26 bits per heavy atom. The molecule has 3 unspecified atom stereocenters. The molecule has 19 heavy (non-hydrogen) atoms. The van der Waals surface area contributed by atoms with Crippen LogP contribution in [0.25, 0.3) is 0 Å². The topological polar surface area (TPSA) is 9.23 Å². The molecule has 2 rings (SSSR count). The van der Waals surface area contributed by atoms with Gasteiger partial charge in [-0.05, 0) is 55.1 Å². The number of para-hydroxylation sites is 1. The average molecular weight is 281 g/mol. The van der Waals surface area contributed by atoms with Crippen LogP contribution in [0.2, 0.25) is 0 Å². The second-order valence-electron chi connectivity index (χ2n) is 6.11. The van der Waals surface area contributed by atoms with Gasteiger partial charge >= 0.3 is 0 Å². The van der Waals surface area contributed by atoms with Crippen molar-refractivity contribution >= 4 is 11.6 Å². The van der Waals surface area contributed by atoms with Gasteiger partial charge in [0.05, 0.1) is 7.11 Å². The Kier molecular flexibility index (Phi) is 5.15. The Morgan fingerprint density at radius 2 is 2.00 bits per heavy atom. The highest BCUT2D eigenvalue weighted by Crippen LogP contribution is 2.39. The first-order valence-electron chi connectivity index (χ1n) is 7.37. The number of benzene rings is 1.